The Morgan fingerprint density at radius 1 is 0.857 bits per heavy atom. The topological polar surface area (TPSA) is 3.24 Å². The van der Waals surface area contributed by atoms with Crippen LogP contribution in [0.3, 0.4) is 0 Å². The van der Waals surface area contributed by atoms with E-state index in [2.05, 4.69) is 42.0 Å². The van der Waals surface area contributed by atoms with Crippen molar-refractivity contribution >= 4 is 0 Å². The van der Waals surface area contributed by atoms with Crippen LogP contribution < -0.4 is 0 Å². The molecule has 2 fully saturated rings. The van der Waals surface area contributed by atoms with Crippen LogP contribution in [0.15, 0.2) is 24.3 Å². The minimum atomic E-state index is 1.23. The third-order valence-corrected chi connectivity index (χ3v) is 3.07. The second kappa shape index (κ2) is 3.54. The Balaban J connectivity index is 1.68. The summed E-state index contributed by atoms with van der Waals surface area (Å²) in [5.74, 6) is 2.74. The van der Waals surface area contributed by atoms with Gasteiger partial charge in [0.25, 0.3) is 0 Å². The first-order valence-electron chi connectivity index (χ1n) is 5.34. The molecule has 1 heterocycles. The Hall–Kier alpha value is -0.560. The quantitative estimate of drug-likeness (QED) is 0.604. The first-order valence-corrected chi connectivity index (χ1v) is 5.34. The molecule has 1 saturated carbocycles. The van der Waals surface area contributed by atoms with E-state index in [9.17, 15) is 0 Å². The number of fused-ring (bicyclic) bond motifs is 1. The van der Waals surface area contributed by atoms with Gasteiger partial charge in [-0.25, -0.2) is 0 Å². The molecule has 0 aromatic carbocycles. The molecule has 0 amide bonds. The van der Waals surface area contributed by atoms with Crippen molar-refractivity contribution in [3.63, 3.8) is 0 Å². The van der Waals surface area contributed by atoms with Crippen molar-refractivity contribution in [3.8, 4) is 0 Å². The molecule has 0 N–H and O–H groups in total. The summed E-state index contributed by atoms with van der Waals surface area (Å²) in [5, 5.41) is 0. The van der Waals surface area contributed by atoms with Gasteiger partial charge in [0.15, 0.2) is 0 Å². The molecule has 0 aromatic heterocycles. The second-order valence-corrected chi connectivity index (χ2v) is 4.04. The average molecular weight is 184 g/mol. The molecule has 14 heavy (non-hydrogen) atoms. The number of allylic oxidation sites excluding steroid dienone is 4. The van der Waals surface area contributed by atoms with Crippen molar-refractivity contribution in [1.82, 2.24) is 4.90 Å². The van der Waals surface area contributed by atoms with Crippen LogP contribution in [0.4, 0.5) is 0 Å². The SMILES string of the molecule is [CH]1[C]2C=CC=C[C]2[CH][C]1N1CCCC1. The Kier molecular flexibility index (Phi) is 2.21. The van der Waals surface area contributed by atoms with Crippen molar-refractivity contribution in [2.45, 2.75) is 12.8 Å². The van der Waals surface area contributed by atoms with Gasteiger partial charge in [0.05, 0.1) is 0 Å². The van der Waals surface area contributed by atoms with Gasteiger partial charge in [0, 0.05) is 17.9 Å². The predicted molar refractivity (Wildman–Crippen MR) is 57.4 cm³/mol. The number of hydrogen-bond acceptors (Lipinski definition) is 1. The van der Waals surface area contributed by atoms with Crippen LogP contribution >= 0.6 is 0 Å². The zero-order valence-electron chi connectivity index (χ0n) is 8.24. The zero-order valence-corrected chi connectivity index (χ0v) is 8.24. The van der Waals surface area contributed by atoms with E-state index in [0.717, 1.165) is 0 Å². The van der Waals surface area contributed by atoms with Crippen LogP contribution in [-0.2, 0) is 0 Å². The molecule has 3 aliphatic rings. The number of nitrogens with zero attached hydrogens (tertiary/aromatic N) is 1. The summed E-state index contributed by atoms with van der Waals surface area (Å²) in [6.07, 6.45) is 15.9. The number of hydrogen-bond donors (Lipinski definition) is 0. The van der Waals surface area contributed by atoms with Crippen LogP contribution in [0.25, 0.3) is 0 Å². The molecule has 0 aromatic rings. The van der Waals surface area contributed by atoms with E-state index < -0.39 is 0 Å². The van der Waals surface area contributed by atoms with Crippen molar-refractivity contribution in [2.24, 2.45) is 0 Å². The lowest BCUT2D eigenvalue weighted by Gasteiger charge is -2.21. The molecule has 1 saturated heterocycles. The van der Waals surface area contributed by atoms with Crippen LogP contribution in [0.5, 0.6) is 0 Å². The Labute approximate surface area is 86.5 Å². The Morgan fingerprint density at radius 3 is 2.00 bits per heavy atom. The molecule has 1 heteroatoms. The van der Waals surface area contributed by atoms with Crippen molar-refractivity contribution in [1.29, 1.82) is 0 Å². The van der Waals surface area contributed by atoms with E-state index in [-0.39, 0.29) is 0 Å². The highest BCUT2D eigenvalue weighted by atomic mass is 15.2. The maximum Gasteiger partial charge on any atom is 0.0480 e. The first kappa shape index (κ1) is 8.72. The molecule has 71 valence electrons. The molecule has 5 radical (unpaired) electrons. The van der Waals surface area contributed by atoms with Gasteiger partial charge in [-0.2, -0.15) is 0 Å². The lowest BCUT2D eigenvalue weighted by molar-refractivity contribution is 0.384. The van der Waals surface area contributed by atoms with Gasteiger partial charge in [-0.15, -0.1) is 0 Å². The van der Waals surface area contributed by atoms with E-state index in [1.54, 1.807) is 0 Å². The first-order chi connectivity index (χ1) is 6.93. The maximum absolute atomic E-state index is 2.49. The molecule has 1 aliphatic heterocycles. The Morgan fingerprint density at radius 2 is 1.43 bits per heavy atom. The van der Waals surface area contributed by atoms with Gasteiger partial charge in [-0.3, -0.25) is 4.90 Å². The summed E-state index contributed by atoms with van der Waals surface area (Å²) in [6, 6.07) is 1.41. The third-order valence-electron chi connectivity index (χ3n) is 3.07. The number of likely N-dealkylation sites (tertiary alicyclic amines) is 1. The molecule has 1 nitrogen and oxygen atoms in total. The molecule has 0 spiro atoms. The van der Waals surface area contributed by atoms with Crippen molar-refractivity contribution in [2.75, 3.05) is 13.1 Å². The highest BCUT2D eigenvalue weighted by Crippen LogP contribution is 2.44. The monoisotopic (exact) mass is 184 g/mol. The molecule has 0 bridgehead atoms. The van der Waals surface area contributed by atoms with E-state index >= 15 is 0 Å². The van der Waals surface area contributed by atoms with Crippen LogP contribution in [0.1, 0.15) is 12.8 Å². The largest absolute Gasteiger partial charge is 0.295 e. The molecular formula is C13H14N. The van der Waals surface area contributed by atoms with Crippen LogP contribution in [-0.4, -0.2) is 18.0 Å². The summed E-state index contributed by atoms with van der Waals surface area (Å²) < 4.78 is 0. The third kappa shape index (κ3) is 1.44. The molecule has 0 unspecified atom stereocenters. The summed E-state index contributed by atoms with van der Waals surface area (Å²) in [5.41, 5.74) is 0. The van der Waals surface area contributed by atoms with Crippen molar-refractivity contribution in [3.05, 3.63) is 55.0 Å². The zero-order chi connectivity index (χ0) is 9.38. The smallest absolute Gasteiger partial charge is 0.0480 e. The van der Waals surface area contributed by atoms with E-state index in [4.69, 9.17) is 0 Å². The highest BCUT2D eigenvalue weighted by molar-refractivity contribution is 5.60. The fourth-order valence-electron chi connectivity index (χ4n) is 2.29. The normalized spacial score (nSPS) is 30.3. The fourth-order valence-corrected chi connectivity index (χ4v) is 2.29. The van der Waals surface area contributed by atoms with Crippen LogP contribution in [0, 0.1) is 30.7 Å². The lowest BCUT2D eigenvalue weighted by Crippen LogP contribution is -2.24. The standard InChI is InChI=1S/C13H14N/c1-2-6-12-10-13(9-11(12)5-1)14-7-3-4-8-14/h1-2,5-6,9-10H,3-4,7-8H2. The predicted octanol–water partition coefficient (Wildman–Crippen LogP) is 2.31. The summed E-state index contributed by atoms with van der Waals surface area (Å²) in [6.45, 7) is 2.46. The van der Waals surface area contributed by atoms with Gasteiger partial charge in [0.2, 0.25) is 0 Å². The molecule has 0 atom stereocenters. The van der Waals surface area contributed by atoms with Gasteiger partial charge < -0.3 is 0 Å². The average Bonchev–Trinajstić information content (AvgIpc) is 2.86. The molecule has 3 rings (SSSR count). The Bertz CT molecular complexity index is 240. The van der Waals surface area contributed by atoms with E-state index in [0.29, 0.717) is 0 Å². The number of rotatable bonds is 1. The second-order valence-electron chi connectivity index (χ2n) is 4.04. The molecule has 2 aliphatic carbocycles. The minimum Gasteiger partial charge on any atom is -0.295 e. The minimum absolute atomic E-state index is 1.23. The summed E-state index contributed by atoms with van der Waals surface area (Å²) >= 11 is 0. The summed E-state index contributed by atoms with van der Waals surface area (Å²) in [4.78, 5) is 2.49. The highest BCUT2D eigenvalue weighted by Gasteiger charge is 2.37. The van der Waals surface area contributed by atoms with E-state index in [1.165, 1.54) is 43.8 Å². The molecular weight excluding hydrogens is 170 g/mol. The lowest BCUT2D eigenvalue weighted by atomic mass is 9.92. The summed E-state index contributed by atoms with van der Waals surface area (Å²) in [7, 11) is 0. The van der Waals surface area contributed by atoms with Gasteiger partial charge in [-0.05, 0) is 38.8 Å². The fraction of sp³-hybridized carbons (Fsp3) is 0.308. The van der Waals surface area contributed by atoms with Gasteiger partial charge >= 0.3 is 0 Å². The van der Waals surface area contributed by atoms with Gasteiger partial charge in [-0.1, -0.05) is 24.3 Å². The van der Waals surface area contributed by atoms with E-state index in [1.807, 2.05) is 0 Å². The van der Waals surface area contributed by atoms with Crippen molar-refractivity contribution < 1.29 is 0 Å². The maximum atomic E-state index is 2.49. The van der Waals surface area contributed by atoms with Crippen LogP contribution in [0.2, 0.25) is 0 Å². The van der Waals surface area contributed by atoms with Gasteiger partial charge in [0.1, 0.15) is 0 Å².